The van der Waals surface area contributed by atoms with Crippen molar-refractivity contribution >= 4 is 51.3 Å². The normalized spacial score (nSPS) is 16.5. The molecule has 2 aromatic carbocycles. The van der Waals surface area contributed by atoms with Crippen LogP contribution in [-0.4, -0.2) is 108 Å². The summed E-state index contributed by atoms with van der Waals surface area (Å²) in [5.41, 5.74) is 3.81. The number of anilines is 3. The number of hydrogen-bond acceptors (Lipinski definition) is 10. The SMILES string of the molecule is CCN1CCN(c2cc3ncc(C#N)c(Nc4ccc(Sc5nccn5C)c(Cl)c4)c3cc2OCCCN2CCN(C)CC2)CC1. The van der Waals surface area contributed by atoms with E-state index in [0.717, 1.165) is 110 Å². The Morgan fingerprint density at radius 2 is 1.78 bits per heavy atom. The Balaban J connectivity index is 1.27. The summed E-state index contributed by atoms with van der Waals surface area (Å²) < 4.78 is 8.53. The molecule has 0 radical (unpaired) electrons. The van der Waals surface area contributed by atoms with E-state index >= 15 is 0 Å². The number of piperazine rings is 2. The molecule has 0 saturated carbocycles. The Morgan fingerprint density at radius 3 is 2.48 bits per heavy atom. The summed E-state index contributed by atoms with van der Waals surface area (Å²) in [7, 11) is 4.14. The van der Waals surface area contributed by atoms with Crippen molar-refractivity contribution in [1.29, 1.82) is 5.26 Å². The third-order valence-corrected chi connectivity index (χ3v) is 10.5. The van der Waals surface area contributed by atoms with Gasteiger partial charge >= 0.3 is 0 Å². The highest BCUT2D eigenvalue weighted by Crippen LogP contribution is 2.40. The number of aryl methyl sites for hydroxylation is 1. The van der Waals surface area contributed by atoms with Crippen LogP contribution in [0.25, 0.3) is 10.9 Å². The third kappa shape index (κ3) is 7.54. The van der Waals surface area contributed by atoms with Gasteiger partial charge in [0.2, 0.25) is 0 Å². The summed E-state index contributed by atoms with van der Waals surface area (Å²) in [5.74, 6) is 0.829. The summed E-state index contributed by atoms with van der Waals surface area (Å²) in [6, 6.07) is 12.4. The van der Waals surface area contributed by atoms with Gasteiger partial charge in [-0.2, -0.15) is 5.26 Å². The number of aromatic nitrogens is 3. The van der Waals surface area contributed by atoms with Crippen molar-refractivity contribution in [3.05, 3.63) is 59.5 Å². The lowest BCUT2D eigenvalue weighted by molar-refractivity contribution is 0.145. The molecule has 242 valence electrons. The summed E-state index contributed by atoms with van der Waals surface area (Å²) >= 11 is 8.24. The standard InChI is InChI=1S/C34H42ClN9OS/c1-4-42-15-17-44(18-16-42)30-22-29-27(21-31(30)45-19-5-9-43-13-11-40(2)12-14-43)33(25(23-36)24-38-29)39-26-6-7-32(28(35)20-26)46-34-37-8-10-41(34)3/h6-8,10,20-22,24H,4-5,9,11-19H2,1-3H3,(H,38,39). The fraction of sp³-hybridized carbons (Fsp3) is 0.441. The first-order chi connectivity index (χ1) is 22.4. The number of hydrogen-bond donors (Lipinski definition) is 1. The van der Waals surface area contributed by atoms with Crippen LogP contribution < -0.4 is 15.0 Å². The zero-order valence-corrected chi connectivity index (χ0v) is 28.4. The van der Waals surface area contributed by atoms with Crippen LogP contribution in [0.4, 0.5) is 17.1 Å². The Kier molecular flexibility index (Phi) is 10.5. The van der Waals surface area contributed by atoms with Crippen LogP contribution in [0.3, 0.4) is 0 Å². The van der Waals surface area contributed by atoms with Crippen LogP contribution in [0.1, 0.15) is 18.9 Å². The van der Waals surface area contributed by atoms with Crippen molar-refractivity contribution in [3.63, 3.8) is 0 Å². The van der Waals surface area contributed by atoms with E-state index < -0.39 is 0 Å². The molecule has 0 spiro atoms. The molecule has 10 nitrogen and oxygen atoms in total. The summed E-state index contributed by atoms with van der Waals surface area (Å²) in [6.45, 7) is 13.2. The Morgan fingerprint density at radius 1 is 1.00 bits per heavy atom. The van der Waals surface area contributed by atoms with Gasteiger partial charge in [0.05, 0.1) is 34.1 Å². The molecule has 4 aromatic rings. The lowest BCUT2D eigenvalue weighted by atomic mass is 10.1. The highest BCUT2D eigenvalue weighted by molar-refractivity contribution is 7.99. The van der Waals surface area contributed by atoms with Gasteiger partial charge in [0.1, 0.15) is 11.8 Å². The predicted octanol–water partition coefficient (Wildman–Crippen LogP) is 5.55. The molecule has 2 aromatic heterocycles. The number of fused-ring (bicyclic) bond motifs is 1. The second-order valence-electron chi connectivity index (χ2n) is 12.0. The number of imidazole rings is 1. The van der Waals surface area contributed by atoms with E-state index in [4.69, 9.17) is 21.3 Å². The van der Waals surface area contributed by atoms with Crippen LogP contribution in [0, 0.1) is 11.3 Å². The smallest absolute Gasteiger partial charge is 0.172 e. The van der Waals surface area contributed by atoms with Gasteiger partial charge in [-0.3, -0.25) is 4.98 Å². The van der Waals surface area contributed by atoms with E-state index in [1.54, 1.807) is 12.4 Å². The number of pyridine rings is 1. The van der Waals surface area contributed by atoms with Gasteiger partial charge in [-0.1, -0.05) is 30.3 Å². The van der Waals surface area contributed by atoms with Gasteiger partial charge in [0, 0.05) is 101 Å². The predicted molar refractivity (Wildman–Crippen MR) is 187 cm³/mol. The van der Waals surface area contributed by atoms with E-state index in [9.17, 15) is 5.26 Å². The van der Waals surface area contributed by atoms with Gasteiger partial charge in [-0.25, -0.2) is 4.98 Å². The molecule has 0 bridgehead atoms. The second-order valence-corrected chi connectivity index (χ2v) is 13.4. The number of nitrogens with zero attached hydrogens (tertiary/aromatic N) is 8. The number of ether oxygens (including phenoxy) is 1. The first kappa shape index (κ1) is 32.4. The molecular formula is C34H42ClN9OS. The molecule has 0 unspecified atom stereocenters. The minimum absolute atomic E-state index is 0.459. The monoisotopic (exact) mass is 659 g/mol. The molecule has 4 heterocycles. The highest BCUT2D eigenvalue weighted by Gasteiger charge is 2.22. The van der Waals surface area contributed by atoms with Gasteiger partial charge in [0.15, 0.2) is 5.16 Å². The highest BCUT2D eigenvalue weighted by atomic mass is 35.5. The van der Waals surface area contributed by atoms with Crippen molar-refractivity contribution in [2.45, 2.75) is 23.4 Å². The van der Waals surface area contributed by atoms with Crippen LogP contribution in [0.2, 0.25) is 5.02 Å². The van der Waals surface area contributed by atoms with E-state index in [2.05, 4.69) is 62.1 Å². The number of rotatable bonds is 11. The van der Waals surface area contributed by atoms with Crippen molar-refractivity contribution in [2.24, 2.45) is 7.05 Å². The molecule has 0 amide bonds. The molecule has 1 N–H and O–H groups in total. The Labute approximate surface area is 280 Å². The summed E-state index contributed by atoms with van der Waals surface area (Å²) in [4.78, 5) is 19.8. The molecule has 2 aliphatic rings. The summed E-state index contributed by atoms with van der Waals surface area (Å²) in [6.07, 6.45) is 6.28. The zero-order chi connectivity index (χ0) is 32.0. The summed E-state index contributed by atoms with van der Waals surface area (Å²) in [5, 5.41) is 15.9. The Hall–Kier alpha value is -3.53. The molecule has 2 saturated heterocycles. The molecular weight excluding hydrogens is 618 g/mol. The first-order valence-electron chi connectivity index (χ1n) is 16.0. The van der Waals surface area contributed by atoms with Crippen LogP contribution >= 0.6 is 23.4 Å². The lowest BCUT2D eigenvalue weighted by Crippen LogP contribution is -2.46. The second kappa shape index (κ2) is 14.9. The fourth-order valence-corrected chi connectivity index (χ4v) is 7.10. The number of likely N-dealkylation sites (N-methyl/N-ethyl adjacent to an activating group) is 2. The van der Waals surface area contributed by atoms with Gasteiger partial charge in [-0.05, 0) is 50.3 Å². The number of benzene rings is 2. The quantitative estimate of drug-likeness (QED) is 0.207. The minimum atomic E-state index is 0.459. The van der Waals surface area contributed by atoms with Gasteiger partial charge in [0.25, 0.3) is 0 Å². The molecule has 0 aliphatic carbocycles. The van der Waals surface area contributed by atoms with Gasteiger partial charge in [-0.15, -0.1) is 0 Å². The lowest BCUT2D eigenvalue weighted by Gasteiger charge is -2.36. The van der Waals surface area contributed by atoms with Crippen LogP contribution in [0.5, 0.6) is 5.75 Å². The molecule has 6 rings (SSSR count). The molecule has 12 heteroatoms. The van der Waals surface area contributed by atoms with E-state index in [1.165, 1.54) is 11.8 Å². The van der Waals surface area contributed by atoms with Crippen LogP contribution in [-0.2, 0) is 7.05 Å². The fourth-order valence-electron chi connectivity index (χ4n) is 5.99. The minimum Gasteiger partial charge on any atom is -0.491 e. The Bertz CT molecular complexity index is 1690. The van der Waals surface area contributed by atoms with E-state index in [1.807, 2.05) is 36.0 Å². The van der Waals surface area contributed by atoms with Crippen LogP contribution in [0.15, 0.2) is 59.0 Å². The molecule has 2 aliphatic heterocycles. The molecule has 46 heavy (non-hydrogen) atoms. The zero-order valence-electron chi connectivity index (χ0n) is 26.9. The molecule has 2 fully saturated rings. The maximum Gasteiger partial charge on any atom is 0.172 e. The maximum absolute atomic E-state index is 10.1. The first-order valence-corrected chi connectivity index (χ1v) is 17.2. The van der Waals surface area contributed by atoms with Crippen molar-refractivity contribution in [3.8, 4) is 11.8 Å². The third-order valence-electron chi connectivity index (χ3n) is 8.88. The van der Waals surface area contributed by atoms with Gasteiger partial charge < -0.3 is 34.2 Å². The number of nitriles is 1. The number of halogens is 1. The maximum atomic E-state index is 10.1. The largest absolute Gasteiger partial charge is 0.491 e. The molecule has 0 atom stereocenters. The van der Waals surface area contributed by atoms with Crippen molar-refractivity contribution in [1.82, 2.24) is 29.2 Å². The number of nitrogens with one attached hydrogen (secondary N) is 1. The van der Waals surface area contributed by atoms with E-state index in [0.29, 0.717) is 22.9 Å². The van der Waals surface area contributed by atoms with Crippen molar-refractivity contribution in [2.75, 3.05) is 89.3 Å². The van der Waals surface area contributed by atoms with Crippen molar-refractivity contribution < 1.29 is 4.74 Å². The average Bonchev–Trinajstić information content (AvgIpc) is 3.48. The van der Waals surface area contributed by atoms with E-state index in [-0.39, 0.29) is 0 Å². The average molecular weight is 660 g/mol. The topological polar surface area (TPSA) is 88.7 Å².